The molecule has 1 aliphatic carbocycles. The molecule has 5 rings (SSSR count). The van der Waals surface area contributed by atoms with Crippen molar-refractivity contribution < 1.29 is 14.7 Å². The number of rotatable bonds is 6. The second-order valence-corrected chi connectivity index (χ2v) is 11.6. The highest BCUT2D eigenvalue weighted by Gasteiger charge is 2.40. The van der Waals surface area contributed by atoms with E-state index in [2.05, 4.69) is 46.4 Å². The number of amides is 2. The number of nitrogens with one attached hydrogen (secondary N) is 3. The Morgan fingerprint density at radius 2 is 1.84 bits per heavy atom. The first-order chi connectivity index (χ1) is 18.2. The highest BCUT2D eigenvalue weighted by atomic mass is 16.3. The summed E-state index contributed by atoms with van der Waals surface area (Å²) in [7, 11) is 0. The van der Waals surface area contributed by atoms with Gasteiger partial charge in [-0.1, -0.05) is 52.2 Å². The van der Waals surface area contributed by atoms with Crippen molar-refractivity contribution in [2.45, 2.75) is 88.9 Å². The first-order valence-corrected chi connectivity index (χ1v) is 13.6. The van der Waals surface area contributed by atoms with E-state index in [0.717, 1.165) is 31.2 Å². The lowest BCUT2D eigenvalue weighted by atomic mass is 9.87. The van der Waals surface area contributed by atoms with Gasteiger partial charge in [0.2, 0.25) is 11.8 Å². The van der Waals surface area contributed by atoms with Gasteiger partial charge in [0.25, 0.3) is 0 Å². The van der Waals surface area contributed by atoms with Crippen LogP contribution in [0.15, 0.2) is 43.0 Å². The Bertz CT molecular complexity index is 1280. The maximum Gasteiger partial charge on any atom is 0.248 e. The molecule has 2 aliphatic rings. The summed E-state index contributed by atoms with van der Waals surface area (Å²) in [6.07, 6.45) is 9.73. The van der Waals surface area contributed by atoms with Crippen molar-refractivity contribution in [2.24, 2.45) is 0 Å². The van der Waals surface area contributed by atoms with Crippen molar-refractivity contribution in [3.05, 3.63) is 54.1 Å². The fourth-order valence-electron chi connectivity index (χ4n) is 5.61. The van der Waals surface area contributed by atoms with Crippen LogP contribution < -0.4 is 15.5 Å². The Balaban J connectivity index is 1.62. The van der Waals surface area contributed by atoms with E-state index in [0.29, 0.717) is 28.8 Å². The largest absolute Gasteiger partial charge is 0.392 e. The molecule has 2 aromatic heterocycles. The third-order valence-corrected chi connectivity index (χ3v) is 7.77. The average molecular weight is 519 g/mol. The quantitative estimate of drug-likeness (QED) is 0.396. The van der Waals surface area contributed by atoms with E-state index in [-0.39, 0.29) is 29.7 Å². The van der Waals surface area contributed by atoms with Crippen LogP contribution in [0, 0.1) is 0 Å². The molecule has 1 saturated heterocycles. The summed E-state index contributed by atoms with van der Waals surface area (Å²) in [5, 5.41) is 16.6. The van der Waals surface area contributed by atoms with Crippen LogP contribution in [0.25, 0.3) is 11.0 Å². The number of hydrogen-bond donors (Lipinski definition) is 4. The molecule has 3 atom stereocenters. The standard InChI is InChI=1S/C29H38N6O3/c1-29(2,3)18-9-11-20(12-10-18)35(28(38)23-13-21(36)14-31-23)26(27(37)34-19-7-5-4-6-8-19)22-15-30-16-24-25(22)33-17-32-24/h9-12,15-17,19,21,23,26,31,36H,4-8,13-14H2,1-3H3,(H,32,33)(H,34,37). The van der Waals surface area contributed by atoms with Crippen LogP contribution in [0.3, 0.4) is 0 Å². The minimum Gasteiger partial charge on any atom is -0.392 e. The number of aliphatic hydroxyl groups excluding tert-OH is 1. The van der Waals surface area contributed by atoms with Crippen molar-refractivity contribution in [1.29, 1.82) is 0 Å². The van der Waals surface area contributed by atoms with Gasteiger partial charge in [-0.3, -0.25) is 19.5 Å². The summed E-state index contributed by atoms with van der Waals surface area (Å²) in [6, 6.07) is 6.31. The fraction of sp³-hybridized carbons (Fsp3) is 0.517. The number of aliphatic hydroxyl groups is 1. The van der Waals surface area contributed by atoms with Crippen LogP contribution >= 0.6 is 0 Å². The van der Waals surface area contributed by atoms with E-state index in [9.17, 15) is 14.7 Å². The monoisotopic (exact) mass is 518 g/mol. The predicted molar refractivity (Wildman–Crippen MR) is 147 cm³/mol. The third-order valence-electron chi connectivity index (χ3n) is 7.77. The van der Waals surface area contributed by atoms with E-state index < -0.39 is 18.2 Å². The first kappa shape index (κ1) is 26.3. The number of hydrogen-bond acceptors (Lipinski definition) is 6. The molecule has 2 amide bonds. The van der Waals surface area contributed by atoms with Gasteiger partial charge < -0.3 is 20.7 Å². The topological polar surface area (TPSA) is 123 Å². The zero-order valence-electron chi connectivity index (χ0n) is 22.4. The lowest BCUT2D eigenvalue weighted by Gasteiger charge is -2.35. The number of fused-ring (bicyclic) bond motifs is 1. The summed E-state index contributed by atoms with van der Waals surface area (Å²) in [5.41, 5.74) is 3.54. The molecule has 9 nitrogen and oxygen atoms in total. The number of aromatic amines is 1. The molecule has 0 radical (unpaired) electrons. The second-order valence-electron chi connectivity index (χ2n) is 11.6. The van der Waals surface area contributed by atoms with E-state index in [1.54, 1.807) is 23.6 Å². The Labute approximate surface area is 223 Å². The molecular weight excluding hydrogens is 480 g/mol. The van der Waals surface area contributed by atoms with Gasteiger partial charge in [0.1, 0.15) is 6.04 Å². The lowest BCUT2D eigenvalue weighted by molar-refractivity contribution is -0.128. The van der Waals surface area contributed by atoms with Gasteiger partial charge in [-0.15, -0.1) is 0 Å². The van der Waals surface area contributed by atoms with Gasteiger partial charge in [0, 0.05) is 30.0 Å². The Morgan fingerprint density at radius 3 is 2.50 bits per heavy atom. The molecule has 1 aromatic carbocycles. The average Bonchev–Trinajstić information content (AvgIpc) is 3.56. The van der Waals surface area contributed by atoms with Gasteiger partial charge in [-0.2, -0.15) is 0 Å². The third kappa shape index (κ3) is 5.44. The molecule has 0 spiro atoms. The SMILES string of the molecule is CC(C)(C)c1ccc(N(C(=O)C2CC(O)CN2)C(C(=O)NC2CCCCC2)c2cncc3[nH]cnc23)cc1. The number of benzene rings is 1. The van der Waals surface area contributed by atoms with Crippen molar-refractivity contribution in [1.82, 2.24) is 25.6 Å². The van der Waals surface area contributed by atoms with Crippen molar-refractivity contribution >= 4 is 28.5 Å². The van der Waals surface area contributed by atoms with Crippen molar-refractivity contribution in [3.63, 3.8) is 0 Å². The van der Waals surface area contributed by atoms with Gasteiger partial charge in [-0.05, 0) is 42.4 Å². The van der Waals surface area contributed by atoms with Crippen LogP contribution in [-0.2, 0) is 15.0 Å². The number of β-amino-alcohol motifs (C(OH)–C–C–N with tert-alkyl or cyclic N) is 1. The number of anilines is 1. The molecule has 38 heavy (non-hydrogen) atoms. The Kier molecular flexibility index (Phi) is 7.49. The minimum atomic E-state index is -0.982. The van der Waals surface area contributed by atoms with Crippen molar-refractivity contribution in [2.75, 3.05) is 11.4 Å². The highest BCUT2D eigenvalue weighted by molar-refractivity contribution is 6.05. The number of pyridine rings is 1. The molecule has 3 aromatic rings. The van der Waals surface area contributed by atoms with E-state index >= 15 is 0 Å². The van der Waals surface area contributed by atoms with Gasteiger partial charge in [0.15, 0.2) is 0 Å². The Morgan fingerprint density at radius 1 is 1.11 bits per heavy atom. The van der Waals surface area contributed by atoms with Crippen molar-refractivity contribution in [3.8, 4) is 0 Å². The van der Waals surface area contributed by atoms with E-state index in [1.807, 2.05) is 24.3 Å². The molecular formula is C29H38N6O3. The molecule has 0 bridgehead atoms. The smallest absolute Gasteiger partial charge is 0.248 e. The molecule has 1 aliphatic heterocycles. The fourth-order valence-corrected chi connectivity index (χ4v) is 5.61. The predicted octanol–water partition coefficient (Wildman–Crippen LogP) is 3.50. The second kappa shape index (κ2) is 10.8. The maximum atomic E-state index is 14.2. The number of carbonyl (C=O) groups is 2. The van der Waals surface area contributed by atoms with Crippen LogP contribution in [-0.4, -0.2) is 56.6 Å². The minimum absolute atomic E-state index is 0.0627. The van der Waals surface area contributed by atoms with E-state index in [1.165, 1.54) is 6.42 Å². The zero-order chi connectivity index (χ0) is 26.9. The molecule has 9 heteroatoms. The summed E-state index contributed by atoms with van der Waals surface area (Å²) >= 11 is 0. The highest BCUT2D eigenvalue weighted by Crippen LogP contribution is 2.34. The van der Waals surface area contributed by atoms with Gasteiger partial charge in [0.05, 0.1) is 35.7 Å². The lowest BCUT2D eigenvalue weighted by Crippen LogP contribution is -2.51. The normalized spacial score (nSPS) is 21.4. The molecule has 1 saturated carbocycles. The Hall–Kier alpha value is -3.30. The summed E-state index contributed by atoms with van der Waals surface area (Å²) in [6.45, 7) is 6.75. The number of nitrogens with zero attached hydrogens (tertiary/aromatic N) is 3. The molecule has 2 fully saturated rings. The summed E-state index contributed by atoms with van der Waals surface area (Å²) in [4.78, 5) is 41.9. The van der Waals surface area contributed by atoms with E-state index in [4.69, 9.17) is 0 Å². The molecule has 3 heterocycles. The summed E-state index contributed by atoms with van der Waals surface area (Å²) < 4.78 is 0. The van der Waals surface area contributed by atoms with Crippen LogP contribution in [0.2, 0.25) is 0 Å². The molecule has 3 unspecified atom stereocenters. The van der Waals surface area contributed by atoms with Crippen LogP contribution in [0.4, 0.5) is 5.69 Å². The van der Waals surface area contributed by atoms with Gasteiger partial charge in [-0.25, -0.2) is 4.98 Å². The van der Waals surface area contributed by atoms with Crippen LogP contribution in [0.1, 0.15) is 76.5 Å². The number of aromatic nitrogens is 3. The number of imidazole rings is 1. The van der Waals surface area contributed by atoms with Gasteiger partial charge >= 0.3 is 0 Å². The summed E-state index contributed by atoms with van der Waals surface area (Å²) in [5.74, 6) is -0.512. The zero-order valence-corrected chi connectivity index (χ0v) is 22.4. The number of carbonyl (C=O) groups excluding carboxylic acids is 2. The first-order valence-electron chi connectivity index (χ1n) is 13.6. The molecule has 202 valence electrons. The molecule has 4 N–H and O–H groups in total. The van der Waals surface area contributed by atoms with Crippen LogP contribution in [0.5, 0.6) is 0 Å². The number of H-pyrrole nitrogens is 1. The maximum absolute atomic E-state index is 14.2.